The SMILES string of the molecule is CCN(C)CCOc1ccc(Oc2cccc(O)c2)cc1. The summed E-state index contributed by atoms with van der Waals surface area (Å²) in [7, 11) is 2.07. The van der Waals surface area contributed by atoms with E-state index in [4.69, 9.17) is 9.47 Å². The van der Waals surface area contributed by atoms with Crippen LogP contribution in [0.1, 0.15) is 6.92 Å². The van der Waals surface area contributed by atoms with Crippen molar-refractivity contribution in [2.45, 2.75) is 6.92 Å². The molecular formula is C17H21NO3. The number of ether oxygens (including phenoxy) is 2. The average molecular weight is 287 g/mol. The lowest BCUT2D eigenvalue weighted by Gasteiger charge is -2.14. The van der Waals surface area contributed by atoms with Crippen LogP contribution >= 0.6 is 0 Å². The highest BCUT2D eigenvalue weighted by molar-refractivity contribution is 5.38. The van der Waals surface area contributed by atoms with Crippen LogP contribution in [0.5, 0.6) is 23.0 Å². The van der Waals surface area contributed by atoms with Crippen LogP contribution < -0.4 is 9.47 Å². The average Bonchev–Trinajstić information content (AvgIpc) is 2.49. The van der Waals surface area contributed by atoms with Crippen molar-refractivity contribution < 1.29 is 14.6 Å². The van der Waals surface area contributed by atoms with Gasteiger partial charge in [0, 0.05) is 12.6 Å². The third kappa shape index (κ3) is 5.00. The predicted molar refractivity (Wildman–Crippen MR) is 83.3 cm³/mol. The number of nitrogens with zero attached hydrogens (tertiary/aromatic N) is 1. The Bertz CT molecular complexity index is 554. The second-order valence-electron chi connectivity index (χ2n) is 4.82. The number of phenolic OH excluding ortho intramolecular Hbond substituents is 1. The van der Waals surface area contributed by atoms with Gasteiger partial charge in [0.15, 0.2) is 0 Å². The van der Waals surface area contributed by atoms with Crippen molar-refractivity contribution in [1.82, 2.24) is 4.90 Å². The van der Waals surface area contributed by atoms with Crippen LogP contribution in [0.3, 0.4) is 0 Å². The number of phenols is 1. The number of hydrogen-bond donors (Lipinski definition) is 1. The lowest BCUT2D eigenvalue weighted by Crippen LogP contribution is -2.23. The topological polar surface area (TPSA) is 41.9 Å². The molecule has 0 aromatic heterocycles. The Morgan fingerprint density at radius 3 is 2.38 bits per heavy atom. The van der Waals surface area contributed by atoms with Crippen molar-refractivity contribution in [2.24, 2.45) is 0 Å². The summed E-state index contributed by atoms with van der Waals surface area (Å²) >= 11 is 0. The minimum Gasteiger partial charge on any atom is -0.508 e. The zero-order valence-corrected chi connectivity index (χ0v) is 12.5. The Labute approximate surface area is 125 Å². The van der Waals surface area contributed by atoms with Crippen molar-refractivity contribution in [3.05, 3.63) is 48.5 Å². The van der Waals surface area contributed by atoms with Crippen LogP contribution in [0.2, 0.25) is 0 Å². The summed E-state index contributed by atoms with van der Waals surface area (Å²) in [6.45, 7) is 4.70. The van der Waals surface area contributed by atoms with Gasteiger partial charge in [-0.25, -0.2) is 0 Å². The molecule has 0 amide bonds. The van der Waals surface area contributed by atoms with Gasteiger partial charge in [0.25, 0.3) is 0 Å². The van der Waals surface area contributed by atoms with Gasteiger partial charge in [-0.2, -0.15) is 0 Å². The molecule has 2 aromatic carbocycles. The van der Waals surface area contributed by atoms with Gasteiger partial charge in [-0.15, -0.1) is 0 Å². The molecule has 0 spiro atoms. The lowest BCUT2D eigenvalue weighted by molar-refractivity contribution is 0.243. The summed E-state index contributed by atoms with van der Waals surface area (Å²) < 4.78 is 11.3. The molecular weight excluding hydrogens is 266 g/mol. The van der Waals surface area contributed by atoms with E-state index in [2.05, 4.69) is 18.9 Å². The van der Waals surface area contributed by atoms with E-state index in [9.17, 15) is 5.11 Å². The Balaban J connectivity index is 1.87. The standard InChI is InChI=1S/C17H21NO3/c1-3-18(2)11-12-20-15-7-9-16(10-8-15)21-17-6-4-5-14(19)13-17/h4-10,13,19H,3,11-12H2,1-2H3. The van der Waals surface area contributed by atoms with Crippen molar-refractivity contribution in [3.63, 3.8) is 0 Å². The highest BCUT2D eigenvalue weighted by Crippen LogP contribution is 2.26. The Kier molecular flexibility index (Phi) is 5.46. The molecule has 0 radical (unpaired) electrons. The van der Waals surface area contributed by atoms with E-state index in [1.807, 2.05) is 24.3 Å². The molecule has 0 heterocycles. The second kappa shape index (κ2) is 7.55. The molecule has 0 saturated carbocycles. The van der Waals surface area contributed by atoms with E-state index < -0.39 is 0 Å². The number of hydrogen-bond acceptors (Lipinski definition) is 4. The van der Waals surface area contributed by atoms with E-state index >= 15 is 0 Å². The van der Waals surface area contributed by atoms with Crippen molar-refractivity contribution >= 4 is 0 Å². The Morgan fingerprint density at radius 1 is 1.00 bits per heavy atom. The summed E-state index contributed by atoms with van der Waals surface area (Å²) in [5.74, 6) is 2.32. The minimum absolute atomic E-state index is 0.187. The van der Waals surface area contributed by atoms with Gasteiger partial charge in [-0.3, -0.25) is 0 Å². The summed E-state index contributed by atoms with van der Waals surface area (Å²) in [5, 5.41) is 9.39. The highest BCUT2D eigenvalue weighted by Gasteiger charge is 2.00. The fourth-order valence-corrected chi connectivity index (χ4v) is 1.76. The van der Waals surface area contributed by atoms with E-state index in [0.717, 1.165) is 18.8 Å². The first kappa shape index (κ1) is 15.2. The molecule has 112 valence electrons. The molecule has 0 aliphatic rings. The quantitative estimate of drug-likeness (QED) is 0.846. The molecule has 0 bridgehead atoms. The monoisotopic (exact) mass is 287 g/mol. The van der Waals surface area contributed by atoms with Crippen LogP contribution in [-0.4, -0.2) is 36.8 Å². The smallest absolute Gasteiger partial charge is 0.131 e. The maximum absolute atomic E-state index is 9.39. The molecule has 2 rings (SSSR count). The molecule has 0 saturated heterocycles. The van der Waals surface area contributed by atoms with Crippen LogP contribution in [-0.2, 0) is 0 Å². The zero-order valence-electron chi connectivity index (χ0n) is 12.5. The maximum atomic E-state index is 9.39. The summed E-state index contributed by atoms with van der Waals surface area (Å²) in [6, 6.07) is 14.2. The van der Waals surface area contributed by atoms with E-state index in [-0.39, 0.29) is 5.75 Å². The number of likely N-dealkylation sites (N-methyl/N-ethyl adjacent to an activating group) is 1. The second-order valence-corrected chi connectivity index (χ2v) is 4.82. The molecule has 1 N–H and O–H groups in total. The summed E-state index contributed by atoms with van der Waals surface area (Å²) in [4.78, 5) is 2.19. The van der Waals surface area contributed by atoms with Gasteiger partial charge in [0.2, 0.25) is 0 Å². The van der Waals surface area contributed by atoms with E-state index in [1.54, 1.807) is 24.3 Å². The fraction of sp³-hybridized carbons (Fsp3) is 0.294. The molecule has 0 fully saturated rings. The van der Waals surface area contributed by atoms with Crippen LogP contribution in [0, 0.1) is 0 Å². The van der Waals surface area contributed by atoms with Gasteiger partial charge in [-0.1, -0.05) is 13.0 Å². The first-order valence-corrected chi connectivity index (χ1v) is 7.05. The third-order valence-electron chi connectivity index (χ3n) is 3.16. The van der Waals surface area contributed by atoms with Gasteiger partial charge in [0.05, 0.1) is 0 Å². The van der Waals surface area contributed by atoms with E-state index in [0.29, 0.717) is 18.1 Å². The van der Waals surface area contributed by atoms with Crippen molar-refractivity contribution in [3.8, 4) is 23.0 Å². The highest BCUT2D eigenvalue weighted by atomic mass is 16.5. The molecule has 0 aliphatic heterocycles. The molecule has 2 aromatic rings. The van der Waals surface area contributed by atoms with Gasteiger partial charge in [0.1, 0.15) is 29.6 Å². The van der Waals surface area contributed by atoms with Crippen molar-refractivity contribution in [2.75, 3.05) is 26.7 Å². The van der Waals surface area contributed by atoms with Gasteiger partial charge in [-0.05, 0) is 50.0 Å². The normalized spacial score (nSPS) is 10.6. The Hall–Kier alpha value is -2.20. The van der Waals surface area contributed by atoms with E-state index in [1.165, 1.54) is 0 Å². The molecule has 0 aliphatic carbocycles. The number of aromatic hydroxyl groups is 1. The molecule has 0 unspecified atom stereocenters. The third-order valence-corrected chi connectivity index (χ3v) is 3.16. The van der Waals surface area contributed by atoms with Gasteiger partial charge >= 0.3 is 0 Å². The number of benzene rings is 2. The lowest BCUT2D eigenvalue weighted by atomic mass is 10.3. The summed E-state index contributed by atoms with van der Waals surface area (Å²) in [5.41, 5.74) is 0. The maximum Gasteiger partial charge on any atom is 0.131 e. The summed E-state index contributed by atoms with van der Waals surface area (Å²) in [6.07, 6.45) is 0. The van der Waals surface area contributed by atoms with Crippen LogP contribution in [0.25, 0.3) is 0 Å². The van der Waals surface area contributed by atoms with Crippen LogP contribution in [0.15, 0.2) is 48.5 Å². The largest absolute Gasteiger partial charge is 0.508 e. The number of rotatable bonds is 7. The predicted octanol–water partition coefficient (Wildman–Crippen LogP) is 3.52. The Morgan fingerprint density at radius 2 is 1.71 bits per heavy atom. The fourth-order valence-electron chi connectivity index (χ4n) is 1.76. The zero-order chi connectivity index (χ0) is 15.1. The molecule has 4 heteroatoms. The minimum atomic E-state index is 0.187. The first-order valence-electron chi connectivity index (χ1n) is 7.05. The molecule has 0 atom stereocenters. The van der Waals surface area contributed by atoms with Crippen molar-refractivity contribution in [1.29, 1.82) is 0 Å². The van der Waals surface area contributed by atoms with Crippen LogP contribution in [0.4, 0.5) is 0 Å². The first-order chi connectivity index (χ1) is 10.2. The van der Waals surface area contributed by atoms with Gasteiger partial charge < -0.3 is 19.5 Å². The molecule has 4 nitrogen and oxygen atoms in total. The molecule has 21 heavy (non-hydrogen) atoms.